The fourth-order valence-electron chi connectivity index (χ4n) is 6.55. The third-order valence-electron chi connectivity index (χ3n) is 8.04. The molecule has 1 aromatic heterocycles. The van der Waals surface area contributed by atoms with Crippen molar-refractivity contribution in [1.82, 2.24) is 9.88 Å². The number of nitrogens with one attached hydrogen (secondary N) is 1. The Morgan fingerprint density at radius 2 is 2.03 bits per heavy atom. The lowest BCUT2D eigenvalue weighted by Gasteiger charge is -2.52. The normalized spacial score (nSPS) is 30.6. The van der Waals surface area contributed by atoms with Crippen LogP contribution >= 0.6 is 0 Å². The molecule has 1 saturated heterocycles. The van der Waals surface area contributed by atoms with Gasteiger partial charge in [-0.15, -0.1) is 0 Å². The second-order valence-corrected chi connectivity index (χ2v) is 9.51. The van der Waals surface area contributed by atoms with Gasteiger partial charge in [-0.25, -0.2) is 4.79 Å². The fourth-order valence-corrected chi connectivity index (χ4v) is 6.55. The van der Waals surface area contributed by atoms with E-state index in [9.17, 15) is 9.59 Å². The van der Waals surface area contributed by atoms with E-state index in [0.717, 1.165) is 43.3 Å². The zero-order valence-electron chi connectivity index (χ0n) is 19.9. The van der Waals surface area contributed by atoms with E-state index in [1.807, 2.05) is 12.1 Å². The zero-order valence-corrected chi connectivity index (χ0v) is 19.9. The molecule has 1 aromatic carbocycles. The molecule has 6 atom stereocenters. The summed E-state index contributed by atoms with van der Waals surface area (Å²) in [6, 6.07) is 6.35. The molecule has 182 valence electrons. The van der Waals surface area contributed by atoms with Crippen molar-refractivity contribution < 1.29 is 28.5 Å². The van der Waals surface area contributed by atoms with Gasteiger partial charge in [-0.3, -0.25) is 9.69 Å². The summed E-state index contributed by atoms with van der Waals surface area (Å²) in [5.74, 6) is -0.239. The first kappa shape index (κ1) is 22.9. The van der Waals surface area contributed by atoms with Crippen LogP contribution in [0.2, 0.25) is 0 Å². The monoisotopic (exact) mass is 468 g/mol. The van der Waals surface area contributed by atoms with Gasteiger partial charge < -0.3 is 23.9 Å². The number of nitrogens with zero attached hydrogens (tertiary/aromatic N) is 1. The van der Waals surface area contributed by atoms with Crippen molar-refractivity contribution in [3.05, 3.63) is 42.1 Å². The highest BCUT2D eigenvalue weighted by molar-refractivity contribution is 5.86. The highest BCUT2D eigenvalue weighted by Crippen LogP contribution is 2.50. The molecule has 2 aliphatic heterocycles. The lowest BCUT2D eigenvalue weighted by atomic mass is 9.64. The molecule has 8 heteroatoms. The van der Waals surface area contributed by atoms with Crippen LogP contribution in [0.4, 0.5) is 0 Å². The second kappa shape index (κ2) is 9.07. The van der Waals surface area contributed by atoms with E-state index < -0.39 is 24.1 Å². The fraction of sp³-hybridized carbons (Fsp3) is 0.538. The van der Waals surface area contributed by atoms with Crippen molar-refractivity contribution in [2.75, 3.05) is 34.4 Å². The van der Waals surface area contributed by atoms with E-state index >= 15 is 0 Å². The van der Waals surface area contributed by atoms with E-state index in [-0.39, 0.29) is 23.8 Å². The number of hydrogen-bond donors (Lipinski definition) is 1. The molecule has 2 fully saturated rings. The largest absolute Gasteiger partial charge is 0.497 e. The van der Waals surface area contributed by atoms with Crippen molar-refractivity contribution in [3.8, 4) is 5.75 Å². The van der Waals surface area contributed by atoms with Crippen LogP contribution in [0.5, 0.6) is 5.75 Å². The summed E-state index contributed by atoms with van der Waals surface area (Å²) in [7, 11) is 4.64. The molecular weight excluding hydrogens is 436 g/mol. The summed E-state index contributed by atoms with van der Waals surface area (Å²) in [5, 5.41) is 1.23. The maximum absolute atomic E-state index is 13.0. The summed E-state index contributed by atoms with van der Waals surface area (Å²) >= 11 is 0. The predicted octanol–water partition coefficient (Wildman–Crippen LogP) is 3.02. The van der Waals surface area contributed by atoms with Gasteiger partial charge >= 0.3 is 11.9 Å². The Labute approximate surface area is 199 Å². The average molecular weight is 469 g/mol. The number of carbonyl (C=O) groups is 2. The molecule has 0 radical (unpaired) electrons. The number of carbonyl (C=O) groups excluding carboxylic acids is 2. The number of methoxy groups -OCH3 is 3. The summed E-state index contributed by atoms with van der Waals surface area (Å²) in [5.41, 5.74) is 3.65. The molecule has 0 unspecified atom stereocenters. The Morgan fingerprint density at radius 3 is 2.74 bits per heavy atom. The van der Waals surface area contributed by atoms with Crippen LogP contribution in [0.3, 0.4) is 0 Å². The van der Waals surface area contributed by atoms with Gasteiger partial charge in [0.2, 0.25) is 0 Å². The summed E-state index contributed by atoms with van der Waals surface area (Å²) in [4.78, 5) is 31.2. The molecule has 1 aliphatic carbocycles. The van der Waals surface area contributed by atoms with Crippen LogP contribution in [0, 0.1) is 17.8 Å². The standard InChI is InChI=1S/C26H32N2O6/c1-5-22(29)34-21-10-14-13-28-9-8-17-16-7-6-15(31-2)11-19(16)27-24(17)20(28)12-18(14)23(25(21)32-3)26(30)33-4/h5-7,11,14,18,20-21,23,25,27H,1,8-10,12-13H2,2-4H3/t14-,18+,20-,21-,23+,25+/m1/s1. The highest BCUT2D eigenvalue weighted by Gasteiger charge is 2.54. The first-order valence-corrected chi connectivity index (χ1v) is 11.8. The molecule has 0 bridgehead atoms. The van der Waals surface area contributed by atoms with Crippen LogP contribution in [0.15, 0.2) is 30.9 Å². The number of ether oxygens (including phenoxy) is 4. The molecule has 0 amide bonds. The number of fused-ring (bicyclic) bond motifs is 6. The number of esters is 2. The van der Waals surface area contributed by atoms with Gasteiger partial charge in [0.15, 0.2) is 0 Å². The number of piperidine rings is 1. The van der Waals surface area contributed by atoms with Crippen LogP contribution in [0.25, 0.3) is 10.9 Å². The van der Waals surface area contributed by atoms with Gasteiger partial charge in [-0.2, -0.15) is 0 Å². The van der Waals surface area contributed by atoms with Gasteiger partial charge in [-0.1, -0.05) is 6.58 Å². The van der Waals surface area contributed by atoms with Crippen LogP contribution in [0.1, 0.15) is 30.1 Å². The number of aromatic nitrogens is 1. The number of H-pyrrole nitrogens is 1. The van der Waals surface area contributed by atoms with E-state index in [1.54, 1.807) is 14.2 Å². The van der Waals surface area contributed by atoms with Crippen molar-refractivity contribution in [1.29, 1.82) is 0 Å². The average Bonchev–Trinajstić information content (AvgIpc) is 3.24. The number of rotatable bonds is 5. The molecular formula is C26H32N2O6. The summed E-state index contributed by atoms with van der Waals surface area (Å²) < 4.78 is 22.0. The van der Waals surface area contributed by atoms with Crippen molar-refractivity contribution in [3.63, 3.8) is 0 Å². The molecule has 8 nitrogen and oxygen atoms in total. The van der Waals surface area contributed by atoms with E-state index in [1.165, 1.54) is 23.8 Å². The van der Waals surface area contributed by atoms with Gasteiger partial charge in [0, 0.05) is 48.9 Å². The third-order valence-corrected chi connectivity index (χ3v) is 8.04. The molecule has 1 N–H and O–H groups in total. The lowest BCUT2D eigenvalue weighted by Crippen LogP contribution is -2.58. The minimum atomic E-state index is -0.556. The summed E-state index contributed by atoms with van der Waals surface area (Å²) in [6.45, 7) is 5.29. The van der Waals surface area contributed by atoms with Gasteiger partial charge in [0.1, 0.15) is 18.0 Å². The van der Waals surface area contributed by atoms with Gasteiger partial charge in [-0.05, 0) is 48.8 Å². The highest BCUT2D eigenvalue weighted by atomic mass is 16.6. The molecule has 1 saturated carbocycles. The van der Waals surface area contributed by atoms with E-state index in [0.29, 0.717) is 6.42 Å². The Balaban J connectivity index is 1.49. The Hall–Kier alpha value is -2.84. The Kier molecular flexibility index (Phi) is 6.12. The third kappa shape index (κ3) is 3.69. The Morgan fingerprint density at radius 1 is 1.21 bits per heavy atom. The number of benzene rings is 1. The smallest absolute Gasteiger partial charge is 0.330 e. The first-order valence-electron chi connectivity index (χ1n) is 11.8. The van der Waals surface area contributed by atoms with Crippen LogP contribution in [-0.4, -0.2) is 68.4 Å². The zero-order chi connectivity index (χ0) is 24.0. The van der Waals surface area contributed by atoms with Crippen LogP contribution in [-0.2, 0) is 30.2 Å². The van der Waals surface area contributed by atoms with Crippen molar-refractivity contribution in [2.45, 2.75) is 37.5 Å². The maximum Gasteiger partial charge on any atom is 0.330 e. The molecule has 34 heavy (non-hydrogen) atoms. The SMILES string of the molecule is C=CC(=O)O[C@@H]1C[C@@H]2CN3CCc4c([nH]c5cc(OC)ccc45)[C@H]3C[C@@H]2[C@H](C(=O)OC)[C@H]1OC. The van der Waals surface area contributed by atoms with E-state index in [4.69, 9.17) is 18.9 Å². The summed E-state index contributed by atoms with van der Waals surface area (Å²) in [6.07, 6.45) is 2.50. The van der Waals surface area contributed by atoms with E-state index in [2.05, 4.69) is 22.5 Å². The molecule has 2 aromatic rings. The predicted molar refractivity (Wildman–Crippen MR) is 125 cm³/mol. The lowest BCUT2D eigenvalue weighted by molar-refractivity contribution is -0.187. The number of hydrogen-bond acceptors (Lipinski definition) is 7. The quantitative estimate of drug-likeness (QED) is 0.533. The first-order chi connectivity index (χ1) is 16.5. The van der Waals surface area contributed by atoms with Crippen molar-refractivity contribution in [2.24, 2.45) is 17.8 Å². The minimum absolute atomic E-state index is 0.0595. The van der Waals surface area contributed by atoms with Gasteiger partial charge in [0.05, 0.1) is 26.2 Å². The van der Waals surface area contributed by atoms with Crippen LogP contribution < -0.4 is 4.74 Å². The maximum atomic E-state index is 13.0. The minimum Gasteiger partial charge on any atom is -0.497 e. The number of aromatic amines is 1. The second-order valence-electron chi connectivity index (χ2n) is 9.51. The molecule has 3 aliphatic rings. The molecule has 0 spiro atoms. The molecule has 5 rings (SSSR count). The Bertz CT molecular complexity index is 1110. The topological polar surface area (TPSA) is 90.1 Å². The van der Waals surface area contributed by atoms with Crippen molar-refractivity contribution >= 4 is 22.8 Å². The van der Waals surface area contributed by atoms with Gasteiger partial charge in [0.25, 0.3) is 0 Å². The molecule has 3 heterocycles.